The fourth-order valence-corrected chi connectivity index (χ4v) is 5.17. The van der Waals surface area contributed by atoms with Crippen LogP contribution >= 0.6 is 27.7 Å². The third kappa shape index (κ3) is 6.91. The van der Waals surface area contributed by atoms with Crippen molar-refractivity contribution in [2.75, 3.05) is 20.3 Å². The number of thioether (sulfide) groups is 1. The van der Waals surface area contributed by atoms with Crippen molar-refractivity contribution in [1.82, 2.24) is 4.90 Å². The summed E-state index contributed by atoms with van der Waals surface area (Å²) in [6.45, 7) is 6.45. The van der Waals surface area contributed by atoms with Crippen LogP contribution in [-0.2, 0) is 4.79 Å². The predicted octanol–water partition coefficient (Wildman–Crippen LogP) is 7.22. The summed E-state index contributed by atoms with van der Waals surface area (Å²) < 4.78 is 17.5. The molecule has 0 bridgehead atoms. The molecular formula is C30H28BrNO6S. The van der Waals surface area contributed by atoms with Gasteiger partial charge in [-0.1, -0.05) is 41.9 Å². The highest BCUT2D eigenvalue weighted by Gasteiger charge is 2.35. The SMILES string of the molecule is COc1ccc(C(=O)Oc2ccc(Br)cc2/C=C2\SC(=O)N(CCOc3cc(C)ccc3C(C)C)C2=O)cc1. The summed E-state index contributed by atoms with van der Waals surface area (Å²) in [5.41, 5.74) is 2.97. The molecule has 2 amide bonds. The first-order valence-corrected chi connectivity index (χ1v) is 13.9. The van der Waals surface area contributed by atoms with E-state index in [0.29, 0.717) is 16.9 Å². The van der Waals surface area contributed by atoms with E-state index in [0.717, 1.165) is 33.1 Å². The minimum Gasteiger partial charge on any atom is -0.497 e. The molecule has 39 heavy (non-hydrogen) atoms. The lowest BCUT2D eigenvalue weighted by Gasteiger charge is -2.17. The minimum absolute atomic E-state index is 0.116. The maximum atomic E-state index is 13.1. The van der Waals surface area contributed by atoms with Gasteiger partial charge in [0.05, 0.1) is 24.1 Å². The average Bonchev–Trinajstić information content (AvgIpc) is 3.17. The molecule has 1 aliphatic heterocycles. The molecule has 4 rings (SSSR count). The second kappa shape index (κ2) is 12.5. The maximum absolute atomic E-state index is 13.1. The summed E-state index contributed by atoms with van der Waals surface area (Å²) in [7, 11) is 1.54. The smallest absolute Gasteiger partial charge is 0.343 e. The summed E-state index contributed by atoms with van der Waals surface area (Å²) in [4.78, 5) is 40.0. The third-order valence-corrected chi connectivity index (χ3v) is 7.42. The highest BCUT2D eigenvalue weighted by Crippen LogP contribution is 2.35. The van der Waals surface area contributed by atoms with Crippen LogP contribution in [0, 0.1) is 6.92 Å². The van der Waals surface area contributed by atoms with E-state index >= 15 is 0 Å². The monoisotopic (exact) mass is 609 g/mol. The molecule has 9 heteroatoms. The number of imide groups is 1. The standard InChI is InChI=1S/C30H28BrNO6S/c1-18(2)24-11-5-19(3)15-26(24)37-14-13-32-28(33)27(39-30(32)35)17-21-16-22(31)8-12-25(21)38-29(34)20-6-9-23(36-4)10-7-20/h5-12,15-18H,13-14H2,1-4H3/b27-17-. The fourth-order valence-electron chi connectivity index (χ4n) is 3.94. The third-order valence-electron chi connectivity index (χ3n) is 6.02. The highest BCUT2D eigenvalue weighted by molar-refractivity contribution is 9.10. The van der Waals surface area contributed by atoms with Crippen molar-refractivity contribution in [2.45, 2.75) is 26.7 Å². The molecule has 0 N–H and O–H groups in total. The number of hydrogen-bond acceptors (Lipinski definition) is 7. The molecule has 0 atom stereocenters. The van der Waals surface area contributed by atoms with Crippen LogP contribution in [0.3, 0.4) is 0 Å². The zero-order valence-corrected chi connectivity index (χ0v) is 24.4. The Morgan fingerprint density at radius 3 is 2.46 bits per heavy atom. The quantitative estimate of drug-likeness (QED) is 0.144. The van der Waals surface area contributed by atoms with Crippen molar-refractivity contribution in [1.29, 1.82) is 0 Å². The fraction of sp³-hybridized carbons (Fsp3) is 0.233. The molecule has 0 aliphatic carbocycles. The van der Waals surface area contributed by atoms with Crippen molar-refractivity contribution in [3.05, 3.63) is 92.3 Å². The zero-order valence-electron chi connectivity index (χ0n) is 22.0. The predicted molar refractivity (Wildman–Crippen MR) is 156 cm³/mol. The second-order valence-electron chi connectivity index (χ2n) is 9.18. The van der Waals surface area contributed by atoms with Gasteiger partial charge in [-0.25, -0.2) is 4.79 Å². The van der Waals surface area contributed by atoms with Gasteiger partial charge in [-0.2, -0.15) is 0 Å². The normalized spacial score (nSPS) is 14.3. The first kappa shape index (κ1) is 28.4. The van der Waals surface area contributed by atoms with Crippen LogP contribution < -0.4 is 14.2 Å². The Labute approximate surface area is 240 Å². The Bertz CT molecular complexity index is 1430. The lowest BCUT2D eigenvalue weighted by molar-refractivity contribution is -0.123. The van der Waals surface area contributed by atoms with Crippen LogP contribution in [-0.4, -0.2) is 42.3 Å². The van der Waals surface area contributed by atoms with Gasteiger partial charge >= 0.3 is 5.97 Å². The number of nitrogens with zero attached hydrogens (tertiary/aromatic N) is 1. The Morgan fingerprint density at radius 2 is 1.77 bits per heavy atom. The molecule has 0 spiro atoms. The molecule has 3 aromatic rings. The van der Waals surface area contributed by atoms with Gasteiger partial charge in [0.25, 0.3) is 11.1 Å². The van der Waals surface area contributed by atoms with Crippen LogP contribution in [0.2, 0.25) is 0 Å². The molecule has 1 saturated heterocycles. The van der Waals surface area contributed by atoms with E-state index in [4.69, 9.17) is 14.2 Å². The number of amides is 2. The van der Waals surface area contributed by atoms with Gasteiger partial charge in [0.1, 0.15) is 23.9 Å². The maximum Gasteiger partial charge on any atom is 0.343 e. The zero-order chi connectivity index (χ0) is 28.1. The van der Waals surface area contributed by atoms with Gasteiger partial charge in [-0.3, -0.25) is 14.5 Å². The number of carbonyl (C=O) groups excluding carboxylic acids is 3. The van der Waals surface area contributed by atoms with Gasteiger partial charge < -0.3 is 14.2 Å². The Morgan fingerprint density at radius 1 is 1.03 bits per heavy atom. The summed E-state index contributed by atoms with van der Waals surface area (Å²) in [6, 6.07) is 17.7. The molecule has 1 aliphatic rings. The van der Waals surface area contributed by atoms with Gasteiger partial charge in [-0.05, 0) is 90.3 Å². The molecule has 202 valence electrons. The van der Waals surface area contributed by atoms with Crippen molar-refractivity contribution in [3.63, 3.8) is 0 Å². The van der Waals surface area contributed by atoms with Crippen molar-refractivity contribution in [3.8, 4) is 17.2 Å². The molecule has 0 aromatic heterocycles. The number of benzene rings is 3. The van der Waals surface area contributed by atoms with Crippen LogP contribution in [0.15, 0.2) is 70.0 Å². The summed E-state index contributed by atoms with van der Waals surface area (Å²) in [5.74, 6) is 0.932. The van der Waals surface area contributed by atoms with E-state index in [1.807, 2.05) is 25.1 Å². The van der Waals surface area contributed by atoms with Crippen LogP contribution in [0.25, 0.3) is 6.08 Å². The number of methoxy groups -OCH3 is 1. The molecular weight excluding hydrogens is 582 g/mol. The van der Waals surface area contributed by atoms with Crippen molar-refractivity contribution >= 4 is 50.9 Å². The van der Waals surface area contributed by atoms with E-state index in [-0.39, 0.29) is 35.0 Å². The number of aryl methyl sites for hydroxylation is 1. The van der Waals surface area contributed by atoms with Gasteiger partial charge in [0.15, 0.2) is 0 Å². The number of hydrogen-bond donors (Lipinski definition) is 0. The number of halogens is 1. The van der Waals surface area contributed by atoms with Gasteiger partial charge in [0, 0.05) is 10.0 Å². The van der Waals surface area contributed by atoms with Gasteiger partial charge in [0.2, 0.25) is 0 Å². The summed E-state index contributed by atoms with van der Waals surface area (Å²) in [5, 5.41) is -0.380. The summed E-state index contributed by atoms with van der Waals surface area (Å²) >= 11 is 4.26. The highest BCUT2D eigenvalue weighted by atomic mass is 79.9. The van der Waals surface area contributed by atoms with Crippen LogP contribution in [0.4, 0.5) is 4.79 Å². The van der Waals surface area contributed by atoms with Gasteiger partial charge in [-0.15, -0.1) is 0 Å². The van der Waals surface area contributed by atoms with E-state index in [1.54, 1.807) is 55.7 Å². The van der Waals surface area contributed by atoms with Crippen molar-refractivity contribution in [2.24, 2.45) is 0 Å². The number of carbonyl (C=O) groups is 3. The van der Waals surface area contributed by atoms with Crippen LogP contribution in [0.1, 0.15) is 46.8 Å². The molecule has 1 fully saturated rings. The van der Waals surface area contributed by atoms with E-state index in [1.165, 1.54) is 4.90 Å². The molecule has 3 aromatic carbocycles. The number of esters is 1. The first-order chi connectivity index (χ1) is 18.7. The van der Waals surface area contributed by atoms with Crippen LogP contribution in [0.5, 0.6) is 17.2 Å². The van der Waals surface area contributed by atoms with E-state index in [2.05, 4.69) is 29.8 Å². The minimum atomic E-state index is -0.559. The molecule has 0 unspecified atom stereocenters. The van der Waals surface area contributed by atoms with E-state index in [9.17, 15) is 14.4 Å². The molecule has 0 radical (unpaired) electrons. The Kier molecular flexibility index (Phi) is 9.14. The number of rotatable bonds is 9. The molecule has 1 heterocycles. The topological polar surface area (TPSA) is 82.1 Å². The first-order valence-electron chi connectivity index (χ1n) is 12.3. The summed E-state index contributed by atoms with van der Waals surface area (Å²) in [6.07, 6.45) is 1.56. The van der Waals surface area contributed by atoms with Crippen molar-refractivity contribution < 1.29 is 28.6 Å². The lowest BCUT2D eigenvalue weighted by Crippen LogP contribution is -2.32. The Balaban J connectivity index is 1.48. The lowest BCUT2D eigenvalue weighted by atomic mass is 10.0. The average molecular weight is 611 g/mol. The second-order valence-corrected chi connectivity index (χ2v) is 11.1. The largest absolute Gasteiger partial charge is 0.497 e. The molecule has 7 nitrogen and oxygen atoms in total. The Hall–Kier alpha value is -3.56. The molecule has 0 saturated carbocycles. The number of ether oxygens (including phenoxy) is 3. The van der Waals surface area contributed by atoms with E-state index < -0.39 is 11.9 Å².